The second-order valence-corrected chi connectivity index (χ2v) is 6.47. The van der Waals surface area contributed by atoms with E-state index in [9.17, 15) is 18.4 Å². The minimum atomic E-state index is -0.959. The zero-order valence-corrected chi connectivity index (χ0v) is 13.9. The van der Waals surface area contributed by atoms with E-state index in [1.165, 1.54) is 34.2 Å². The number of nitrogens with zero attached hydrogens (tertiary/aromatic N) is 2. The van der Waals surface area contributed by atoms with E-state index >= 15 is 0 Å². The molecule has 0 saturated carbocycles. The molecule has 0 aliphatic heterocycles. The number of rotatable bonds is 4. The fourth-order valence-electron chi connectivity index (χ4n) is 2.27. The second-order valence-electron chi connectivity index (χ2n) is 5.27. The van der Waals surface area contributed by atoms with E-state index in [1.807, 2.05) is 0 Å². The lowest BCUT2D eigenvalue weighted by Crippen LogP contribution is -2.26. The number of aromatic nitrogens is 2. The Morgan fingerprint density at radius 3 is 2.76 bits per heavy atom. The lowest BCUT2D eigenvalue weighted by molar-refractivity contribution is -0.116. The summed E-state index contributed by atoms with van der Waals surface area (Å²) < 4.78 is 27.7. The first-order valence-electron chi connectivity index (χ1n) is 7.32. The average molecular weight is 361 g/mol. The van der Waals surface area contributed by atoms with E-state index in [2.05, 4.69) is 10.3 Å². The predicted molar refractivity (Wildman–Crippen MR) is 91.5 cm³/mol. The summed E-state index contributed by atoms with van der Waals surface area (Å²) in [7, 11) is 0. The van der Waals surface area contributed by atoms with Gasteiger partial charge < -0.3 is 9.88 Å². The Morgan fingerprint density at radius 2 is 2.04 bits per heavy atom. The number of aryl methyl sites for hydroxylation is 1. The largest absolute Gasteiger partial charge is 0.306 e. The monoisotopic (exact) mass is 361 g/mol. The smallest absolute Gasteiger partial charge is 0.250 e. The maximum atomic E-state index is 13.4. The highest BCUT2D eigenvalue weighted by Gasteiger charge is 2.14. The van der Waals surface area contributed by atoms with Gasteiger partial charge in [0.1, 0.15) is 6.54 Å². The summed E-state index contributed by atoms with van der Waals surface area (Å²) in [5.74, 6) is -2.30. The number of benzene rings is 1. The highest BCUT2D eigenvalue weighted by molar-refractivity contribution is 7.16. The summed E-state index contributed by atoms with van der Waals surface area (Å²) in [6, 6.07) is 8.13. The van der Waals surface area contributed by atoms with Crippen molar-refractivity contribution in [3.63, 3.8) is 0 Å². The molecule has 0 bridgehead atoms. The molecule has 3 rings (SSSR count). The summed E-state index contributed by atoms with van der Waals surface area (Å²) in [6.45, 7) is 1.63. The van der Waals surface area contributed by atoms with E-state index < -0.39 is 17.5 Å². The minimum absolute atomic E-state index is 0.140. The van der Waals surface area contributed by atoms with Gasteiger partial charge in [-0.05, 0) is 31.2 Å². The topological polar surface area (TPSA) is 64.0 Å². The van der Waals surface area contributed by atoms with Crippen molar-refractivity contribution >= 4 is 22.4 Å². The molecule has 1 aromatic carbocycles. The van der Waals surface area contributed by atoms with Crippen LogP contribution in [0.3, 0.4) is 0 Å². The Balaban J connectivity index is 1.78. The number of pyridine rings is 1. The summed E-state index contributed by atoms with van der Waals surface area (Å²) in [5.41, 5.74) is 0.610. The molecular weight excluding hydrogens is 348 g/mol. The third kappa shape index (κ3) is 3.80. The number of hydrogen-bond donors (Lipinski definition) is 1. The first kappa shape index (κ1) is 17.0. The first-order chi connectivity index (χ1) is 11.9. The van der Waals surface area contributed by atoms with Gasteiger partial charge in [-0.2, -0.15) is 0 Å². The van der Waals surface area contributed by atoms with Crippen LogP contribution in [0.25, 0.3) is 11.3 Å². The molecule has 1 N–H and O–H groups in total. The van der Waals surface area contributed by atoms with Crippen LogP contribution in [-0.2, 0) is 11.3 Å². The van der Waals surface area contributed by atoms with E-state index in [4.69, 9.17) is 0 Å². The molecule has 0 aliphatic carbocycles. The molecular formula is C17H13F2N3O2S. The zero-order chi connectivity index (χ0) is 18.0. The van der Waals surface area contributed by atoms with Gasteiger partial charge >= 0.3 is 0 Å². The molecule has 0 spiro atoms. The van der Waals surface area contributed by atoms with Crippen LogP contribution in [0, 0.1) is 18.6 Å². The maximum absolute atomic E-state index is 13.4. The highest BCUT2D eigenvalue weighted by Crippen LogP contribution is 2.31. The highest BCUT2D eigenvalue weighted by atomic mass is 32.1. The van der Waals surface area contributed by atoms with E-state index in [1.54, 1.807) is 19.1 Å². The summed E-state index contributed by atoms with van der Waals surface area (Å²) in [6.07, 6.45) is 1.52. The number of thiazole rings is 1. The van der Waals surface area contributed by atoms with Crippen LogP contribution in [0.1, 0.15) is 4.88 Å². The Hall–Kier alpha value is -2.87. The van der Waals surface area contributed by atoms with Crippen LogP contribution in [0.4, 0.5) is 13.9 Å². The van der Waals surface area contributed by atoms with Crippen molar-refractivity contribution in [2.24, 2.45) is 0 Å². The van der Waals surface area contributed by atoms with E-state index in [-0.39, 0.29) is 12.1 Å². The number of anilines is 1. The molecule has 128 valence electrons. The molecule has 1 amide bonds. The Labute approximate surface area is 145 Å². The first-order valence-corrected chi connectivity index (χ1v) is 8.14. The number of carbonyl (C=O) groups excluding carboxylic acids is 1. The van der Waals surface area contributed by atoms with Gasteiger partial charge in [0.25, 0.3) is 5.56 Å². The Kier molecular flexibility index (Phi) is 4.71. The molecule has 0 saturated heterocycles. The second kappa shape index (κ2) is 6.94. The normalized spacial score (nSPS) is 10.7. The summed E-state index contributed by atoms with van der Waals surface area (Å²) in [4.78, 5) is 28.7. The van der Waals surface area contributed by atoms with Gasteiger partial charge in [-0.15, -0.1) is 11.3 Å². The fourth-order valence-corrected chi connectivity index (χ4v) is 3.12. The molecule has 8 heteroatoms. The van der Waals surface area contributed by atoms with Crippen LogP contribution in [-0.4, -0.2) is 15.5 Å². The minimum Gasteiger partial charge on any atom is -0.306 e. The zero-order valence-electron chi connectivity index (χ0n) is 13.1. The SMILES string of the molecule is Cc1sc(NC(=O)Cn2ccccc2=O)nc1-c1ccc(F)c(F)c1. The van der Waals surface area contributed by atoms with Gasteiger partial charge in [-0.25, -0.2) is 13.8 Å². The van der Waals surface area contributed by atoms with Gasteiger partial charge in [-0.3, -0.25) is 9.59 Å². The van der Waals surface area contributed by atoms with Crippen molar-refractivity contribution < 1.29 is 13.6 Å². The van der Waals surface area contributed by atoms with Crippen molar-refractivity contribution in [2.75, 3.05) is 5.32 Å². The van der Waals surface area contributed by atoms with E-state index in [0.717, 1.165) is 17.0 Å². The summed E-state index contributed by atoms with van der Waals surface area (Å²) >= 11 is 1.22. The van der Waals surface area contributed by atoms with Crippen LogP contribution in [0.5, 0.6) is 0 Å². The molecule has 3 aromatic rings. The molecule has 0 atom stereocenters. The molecule has 25 heavy (non-hydrogen) atoms. The molecule has 5 nitrogen and oxygen atoms in total. The van der Waals surface area contributed by atoms with Crippen molar-refractivity contribution in [1.82, 2.24) is 9.55 Å². The lowest BCUT2D eigenvalue weighted by Gasteiger charge is -2.04. The lowest BCUT2D eigenvalue weighted by atomic mass is 10.1. The van der Waals surface area contributed by atoms with Crippen molar-refractivity contribution in [1.29, 1.82) is 0 Å². The Bertz CT molecular complexity index is 998. The van der Waals surface area contributed by atoms with Gasteiger partial charge in [-0.1, -0.05) is 6.07 Å². The van der Waals surface area contributed by atoms with Crippen LogP contribution >= 0.6 is 11.3 Å². The van der Waals surface area contributed by atoms with Crippen molar-refractivity contribution in [2.45, 2.75) is 13.5 Å². The van der Waals surface area contributed by atoms with E-state index in [0.29, 0.717) is 16.4 Å². The summed E-state index contributed by atoms with van der Waals surface area (Å²) in [5, 5.41) is 2.94. The Morgan fingerprint density at radius 1 is 1.24 bits per heavy atom. The predicted octanol–water partition coefficient (Wildman–Crippen LogP) is 3.20. The molecule has 0 fully saturated rings. The molecule has 0 unspecified atom stereocenters. The van der Waals surface area contributed by atoms with Gasteiger partial charge in [0.2, 0.25) is 5.91 Å². The third-order valence-corrected chi connectivity index (χ3v) is 4.34. The average Bonchev–Trinajstić information content (AvgIpc) is 2.92. The standard InChI is InChI=1S/C17H13F2N3O2S/c1-10-16(11-5-6-12(18)13(19)8-11)21-17(25-10)20-14(23)9-22-7-3-2-4-15(22)24/h2-8H,9H2,1H3,(H,20,21,23). The fraction of sp³-hybridized carbons (Fsp3) is 0.118. The van der Waals surface area contributed by atoms with Gasteiger partial charge in [0.15, 0.2) is 16.8 Å². The number of carbonyl (C=O) groups is 1. The number of amides is 1. The van der Waals surface area contributed by atoms with Crippen LogP contribution in [0.2, 0.25) is 0 Å². The maximum Gasteiger partial charge on any atom is 0.250 e. The third-order valence-electron chi connectivity index (χ3n) is 3.45. The molecule has 2 heterocycles. The molecule has 0 aliphatic rings. The van der Waals surface area contributed by atoms with Crippen LogP contribution < -0.4 is 10.9 Å². The molecule has 0 radical (unpaired) electrons. The number of nitrogens with one attached hydrogen (secondary N) is 1. The van der Waals surface area contributed by atoms with Crippen LogP contribution in [0.15, 0.2) is 47.4 Å². The van der Waals surface area contributed by atoms with Gasteiger partial charge in [0, 0.05) is 22.7 Å². The quantitative estimate of drug-likeness (QED) is 0.776. The number of halogens is 2. The van der Waals surface area contributed by atoms with Crippen molar-refractivity contribution in [3.05, 3.63) is 69.5 Å². The number of hydrogen-bond acceptors (Lipinski definition) is 4. The van der Waals surface area contributed by atoms with Gasteiger partial charge in [0.05, 0.1) is 5.69 Å². The molecule has 2 aromatic heterocycles. The van der Waals surface area contributed by atoms with Crippen molar-refractivity contribution in [3.8, 4) is 11.3 Å².